The fraction of sp³-hybridized carbons (Fsp3) is 0.143. The third kappa shape index (κ3) is 2.96. The SMILES string of the molecule is O=C(c1ccn(-c2ccc(F)cc2)n1)N1CCc2sccc2C1c1cccs1. The Bertz CT molecular complexity index is 1110. The summed E-state index contributed by atoms with van der Waals surface area (Å²) in [5, 5.41) is 8.60. The van der Waals surface area contributed by atoms with Crippen LogP contribution in [0.5, 0.6) is 0 Å². The Hall–Kier alpha value is -2.77. The minimum atomic E-state index is -0.300. The van der Waals surface area contributed by atoms with Gasteiger partial charge in [0.2, 0.25) is 0 Å². The van der Waals surface area contributed by atoms with Crippen molar-refractivity contribution in [1.29, 1.82) is 0 Å². The highest BCUT2D eigenvalue weighted by Gasteiger charge is 2.34. The largest absolute Gasteiger partial charge is 0.325 e. The molecule has 0 N–H and O–H groups in total. The zero-order valence-corrected chi connectivity index (χ0v) is 16.4. The number of halogens is 1. The van der Waals surface area contributed by atoms with Crippen LogP contribution in [0.3, 0.4) is 0 Å². The van der Waals surface area contributed by atoms with Crippen LogP contribution in [0.4, 0.5) is 4.39 Å². The summed E-state index contributed by atoms with van der Waals surface area (Å²) in [6, 6.07) is 13.9. The number of thiophene rings is 2. The lowest BCUT2D eigenvalue weighted by Crippen LogP contribution is -2.40. The molecule has 1 amide bonds. The van der Waals surface area contributed by atoms with Crippen molar-refractivity contribution in [3.8, 4) is 5.69 Å². The molecule has 4 nitrogen and oxygen atoms in total. The summed E-state index contributed by atoms with van der Waals surface area (Å²) >= 11 is 3.42. The first kappa shape index (κ1) is 17.3. The Morgan fingerprint density at radius 1 is 1.07 bits per heavy atom. The van der Waals surface area contributed by atoms with Gasteiger partial charge in [0.25, 0.3) is 5.91 Å². The van der Waals surface area contributed by atoms with E-state index in [0.29, 0.717) is 17.9 Å². The second kappa shape index (κ2) is 7.00. The molecule has 0 aliphatic carbocycles. The Labute approximate surface area is 169 Å². The predicted molar refractivity (Wildman–Crippen MR) is 109 cm³/mol. The third-order valence-corrected chi connectivity index (χ3v) is 6.86. The quantitative estimate of drug-likeness (QED) is 0.482. The van der Waals surface area contributed by atoms with Crippen LogP contribution in [-0.4, -0.2) is 27.1 Å². The number of carbonyl (C=O) groups excluding carboxylic acids is 1. The molecule has 1 aromatic carbocycles. The van der Waals surface area contributed by atoms with Crippen LogP contribution in [0.1, 0.15) is 31.8 Å². The van der Waals surface area contributed by atoms with Gasteiger partial charge in [0, 0.05) is 22.5 Å². The van der Waals surface area contributed by atoms with Crippen molar-refractivity contribution >= 4 is 28.6 Å². The molecule has 0 spiro atoms. The maximum Gasteiger partial charge on any atom is 0.275 e. The lowest BCUT2D eigenvalue weighted by atomic mass is 9.98. The number of nitrogens with zero attached hydrogens (tertiary/aromatic N) is 3. The monoisotopic (exact) mass is 409 g/mol. The zero-order chi connectivity index (χ0) is 19.1. The molecule has 28 heavy (non-hydrogen) atoms. The highest BCUT2D eigenvalue weighted by atomic mass is 32.1. The highest BCUT2D eigenvalue weighted by molar-refractivity contribution is 7.10. The summed E-state index contributed by atoms with van der Waals surface area (Å²) in [6.07, 6.45) is 2.60. The standard InChI is InChI=1S/C21H16FN3OS2/c22-14-3-5-15(6-4-14)25-11-7-17(23-25)21(26)24-10-8-18-16(9-13-28-18)20(24)19-2-1-12-27-19/h1-7,9,11-13,20H,8,10H2. The zero-order valence-electron chi connectivity index (χ0n) is 14.8. The Kier molecular flexibility index (Phi) is 4.33. The van der Waals surface area contributed by atoms with Gasteiger partial charge in [-0.05, 0) is 65.2 Å². The van der Waals surface area contributed by atoms with Gasteiger partial charge in [0.15, 0.2) is 5.69 Å². The molecule has 4 heterocycles. The first-order chi connectivity index (χ1) is 13.7. The van der Waals surface area contributed by atoms with Crippen molar-refractivity contribution in [2.24, 2.45) is 0 Å². The average molecular weight is 410 g/mol. The third-order valence-electron chi connectivity index (χ3n) is 4.94. The van der Waals surface area contributed by atoms with E-state index in [2.05, 4.69) is 22.6 Å². The lowest BCUT2D eigenvalue weighted by molar-refractivity contribution is 0.0692. The minimum absolute atomic E-state index is 0.0709. The molecule has 5 rings (SSSR count). The normalized spacial score (nSPS) is 16.2. The Morgan fingerprint density at radius 2 is 1.93 bits per heavy atom. The van der Waals surface area contributed by atoms with Crippen LogP contribution in [0, 0.1) is 5.82 Å². The van der Waals surface area contributed by atoms with Gasteiger partial charge in [-0.3, -0.25) is 4.79 Å². The van der Waals surface area contributed by atoms with E-state index in [-0.39, 0.29) is 17.8 Å². The van der Waals surface area contributed by atoms with Crippen molar-refractivity contribution in [3.63, 3.8) is 0 Å². The van der Waals surface area contributed by atoms with Crippen molar-refractivity contribution < 1.29 is 9.18 Å². The number of aromatic nitrogens is 2. The topological polar surface area (TPSA) is 38.1 Å². The highest BCUT2D eigenvalue weighted by Crippen LogP contribution is 2.40. The number of carbonyl (C=O) groups is 1. The van der Waals surface area contributed by atoms with Crippen molar-refractivity contribution in [1.82, 2.24) is 14.7 Å². The number of hydrogen-bond donors (Lipinski definition) is 0. The molecule has 0 bridgehead atoms. The van der Waals surface area contributed by atoms with Gasteiger partial charge in [-0.15, -0.1) is 22.7 Å². The predicted octanol–water partition coefficient (Wildman–Crippen LogP) is 4.92. The summed E-state index contributed by atoms with van der Waals surface area (Å²) in [5.41, 5.74) is 2.32. The van der Waals surface area contributed by atoms with E-state index >= 15 is 0 Å². The van der Waals surface area contributed by atoms with E-state index < -0.39 is 0 Å². The second-order valence-electron chi connectivity index (χ2n) is 6.59. The number of benzene rings is 1. The molecule has 3 aromatic heterocycles. The van der Waals surface area contributed by atoms with Gasteiger partial charge in [0.1, 0.15) is 5.82 Å². The lowest BCUT2D eigenvalue weighted by Gasteiger charge is -2.35. The summed E-state index contributed by atoms with van der Waals surface area (Å²) in [7, 11) is 0. The summed E-state index contributed by atoms with van der Waals surface area (Å²) in [5.74, 6) is -0.387. The summed E-state index contributed by atoms with van der Waals surface area (Å²) in [6.45, 7) is 0.665. The molecule has 140 valence electrons. The van der Waals surface area contributed by atoms with Crippen LogP contribution in [-0.2, 0) is 6.42 Å². The van der Waals surface area contributed by atoms with Gasteiger partial charge >= 0.3 is 0 Å². The van der Waals surface area contributed by atoms with Crippen LogP contribution < -0.4 is 0 Å². The Morgan fingerprint density at radius 3 is 2.71 bits per heavy atom. The van der Waals surface area contributed by atoms with Crippen molar-refractivity contribution in [3.05, 3.63) is 92.3 Å². The molecule has 0 saturated heterocycles. The molecule has 0 fully saturated rings. The van der Waals surface area contributed by atoms with Gasteiger partial charge in [0.05, 0.1) is 11.7 Å². The molecule has 1 aliphatic rings. The molecule has 0 radical (unpaired) electrons. The van der Waals surface area contributed by atoms with E-state index in [9.17, 15) is 9.18 Å². The fourth-order valence-corrected chi connectivity index (χ4v) is 5.37. The van der Waals surface area contributed by atoms with Crippen LogP contribution in [0.2, 0.25) is 0 Å². The average Bonchev–Trinajstić information content (AvgIpc) is 3.48. The van der Waals surface area contributed by atoms with Crippen molar-refractivity contribution in [2.75, 3.05) is 6.54 Å². The van der Waals surface area contributed by atoms with E-state index in [0.717, 1.165) is 11.3 Å². The van der Waals surface area contributed by atoms with E-state index in [1.807, 2.05) is 16.3 Å². The first-order valence-corrected chi connectivity index (χ1v) is 10.7. The smallest absolute Gasteiger partial charge is 0.275 e. The molecule has 7 heteroatoms. The molecule has 4 aromatic rings. The molecular formula is C21H16FN3OS2. The van der Waals surface area contributed by atoms with Crippen molar-refractivity contribution in [2.45, 2.75) is 12.5 Å². The number of rotatable bonds is 3. The minimum Gasteiger partial charge on any atom is -0.325 e. The van der Waals surface area contributed by atoms with E-state index in [1.54, 1.807) is 51.8 Å². The number of amides is 1. The molecule has 1 aliphatic heterocycles. The maximum absolute atomic E-state index is 13.3. The molecule has 1 atom stereocenters. The van der Waals surface area contributed by atoms with E-state index in [1.165, 1.54) is 22.6 Å². The van der Waals surface area contributed by atoms with Gasteiger partial charge in [-0.1, -0.05) is 6.07 Å². The first-order valence-electron chi connectivity index (χ1n) is 8.93. The van der Waals surface area contributed by atoms with Gasteiger partial charge in [-0.25, -0.2) is 9.07 Å². The number of fused-ring (bicyclic) bond motifs is 1. The second-order valence-corrected chi connectivity index (χ2v) is 8.57. The van der Waals surface area contributed by atoms with Crippen LogP contribution in [0.15, 0.2) is 65.5 Å². The Balaban J connectivity index is 1.48. The molecular weight excluding hydrogens is 393 g/mol. The van der Waals surface area contributed by atoms with Gasteiger partial charge < -0.3 is 4.90 Å². The van der Waals surface area contributed by atoms with Crippen LogP contribution >= 0.6 is 22.7 Å². The molecule has 0 saturated carbocycles. The van der Waals surface area contributed by atoms with Crippen LogP contribution in [0.25, 0.3) is 5.69 Å². The molecule has 1 unspecified atom stereocenters. The number of hydrogen-bond acceptors (Lipinski definition) is 4. The fourth-order valence-electron chi connectivity index (χ4n) is 3.61. The van der Waals surface area contributed by atoms with E-state index in [4.69, 9.17) is 0 Å². The summed E-state index contributed by atoms with van der Waals surface area (Å²) < 4.78 is 14.8. The maximum atomic E-state index is 13.3. The summed E-state index contributed by atoms with van der Waals surface area (Å²) in [4.78, 5) is 17.8. The van der Waals surface area contributed by atoms with Gasteiger partial charge in [-0.2, -0.15) is 5.10 Å².